The van der Waals surface area contributed by atoms with Gasteiger partial charge in [-0.2, -0.15) is 13.2 Å². The number of rotatable bonds is 6. The Hall–Kier alpha value is -2.58. The molecule has 29 heavy (non-hydrogen) atoms. The number of carbonyl (C=O) groups excluding carboxylic acids is 1. The van der Waals surface area contributed by atoms with Crippen molar-refractivity contribution < 1.29 is 27.8 Å². The van der Waals surface area contributed by atoms with Gasteiger partial charge in [-0.05, 0) is 17.7 Å². The van der Waals surface area contributed by atoms with E-state index in [0.717, 1.165) is 11.6 Å². The van der Waals surface area contributed by atoms with Crippen LogP contribution in [0.4, 0.5) is 13.2 Å². The van der Waals surface area contributed by atoms with E-state index in [4.69, 9.17) is 4.74 Å². The molecule has 156 valence electrons. The van der Waals surface area contributed by atoms with Gasteiger partial charge in [0.15, 0.2) is 6.61 Å². The monoisotopic (exact) mass is 408 g/mol. The number of para-hydroxylation sites is 1. The van der Waals surface area contributed by atoms with Crippen molar-refractivity contribution in [2.45, 2.75) is 12.3 Å². The van der Waals surface area contributed by atoms with Gasteiger partial charge in [-0.3, -0.25) is 9.69 Å². The van der Waals surface area contributed by atoms with Crippen LogP contribution < -0.4 is 4.74 Å². The van der Waals surface area contributed by atoms with Gasteiger partial charge in [-0.25, -0.2) is 0 Å². The maximum atomic E-state index is 13.0. The van der Waals surface area contributed by atoms with Crippen LogP contribution in [-0.2, 0) is 11.0 Å². The SMILES string of the molecule is O=C(COc1ccccc1C(F)(F)F)N1CCN(CC(O)c2ccccc2)CC1. The van der Waals surface area contributed by atoms with Crippen LogP contribution in [0.5, 0.6) is 5.75 Å². The minimum atomic E-state index is -4.54. The molecule has 0 aliphatic carbocycles. The number of aliphatic hydroxyl groups is 1. The largest absolute Gasteiger partial charge is 0.483 e. The molecule has 1 fully saturated rings. The lowest BCUT2D eigenvalue weighted by atomic mass is 10.1. The fourth-order valence-corrected chi connectivity index (χ4v) is 3.26. The first kappa shape index (κ1) is 21.1. The summed E-state index contributed by atoms with van der Waals surface area (Å²) < 4.78 is 44.2. The minimum absolute atomic E-state index is 0.349. The van der Waals surface area contributed by atoms with Gasteiger partial charge in [-0.1, -0.05) is 42.5 Å². The maximum absolute atomic E-state index is 13.0. The number of hydrogen-bond acceptors (Lipinski definition) is 4. The Morgan fingerprint density at radius 2 is 1.62 bits per heavy atom. The fourth-order valence-electron chi connectivity index (χ4n) is 3.26. The summed E-state index contributed by atoms with van der Waals surface area (Å²) in [6, 6.07) is 14.2. The molecule has 1 saturated heterocycles. The first-order valence-corrected chi connectivity index (χ1v) is 9.37. The van der Waals surface area contributed by atoms with E-state index < -0.39 is 24.5 Å². The molecule has 1 N–H and O–H groups in total. The highest BCUT2D eigenvalue weighted by Crippen LogP contribution is 2.35. The summed E-state index contributed by atoms with van der Waals surface area (Å²) in [6.07, 6.45) is -5.15. The smallest absolute Gasteiger partial charge is 0.419 e. The highest BCUT2D eigenvalue weighted by atomic mass is 19.4. The van der Waals surface area contributed by atoms with Crippen LogP contribution in [0.25, 0.3) is 0 Å². The molecule has 0 bridgehead atoms. The molecule has 1 aliphatic heterocycles. The Bertz CT molecular complexity index is 806. The number of β-amino-alcohol motifs (C(OH)–C–C–N with tert-alkyl or cyclic N) is 1. The molecule has 2 aromatic carbocycles. The van der Waals surface area contributed by atoms with Crippen LogP contribution >= 0.6 is 0 Å². The van der Waals surface area contributed by atoms with Crippen LogP contribution in [0, 0.1) is 0 Å². The third-order valence-electron chi connectivity index (χ3n) is 4.88. The molecule has 0 spiro atoms. The minimum Gasteiger partial charge on any atom is -0.483 e. The second-order valence-corrected chi connectivity index (χ2v) is 6.89. The maximum Gasteiger partial charge on any atom is 0.419 e. The molecule has 0 radical (unpaired) electrons. The zero-order valence-electron chi connectivity index (χ0n) is 15.8. The van der Waals surface area contributed by atoms with Crippen LogP contribution in [0.2, 0.25) is 0 Å². The molecule has 0 aromatic heterocycles. The number of piperazine rings is 1. The van der Waals surface area contributed by atoms with Crippen molar-refractivity contribution in [2.75, 3.05) is 39.3 Å². The molecule has 5 nitrogen and oxygen atoms in total. The number of nitrogens with zero attached hydrogens (tertiary/aromatic N) is 2. The summed E-state index contributed by atoms with van der Waals surface area (Å²) in [5, 5.41) is 10.3. The zero-order chi connectivity index (χ0) is 20.9. The third kappa shape index (κ3) is 5.71. The van der Waals surface area contributed by atoms with Gasteiger partial charge >= 0.3 is 6.18 Å². The number of carbonyl (C=O) groups is 1. The Balaban J connectivity index is 1.47. The summed E-state index contributed by atoms with van der Waals surface area (Å²) in [6.45, 7) is 2.04. The first-order chi connectivity index (χ1) is 13.8. The van der Waals surface area contributed by atoms with Gasteiger partial charge in [0.2, 0.25) is 0 Å². The lowest BCUT2D eigenvalue weighted by Crippen LogP contribution is -2.50. The van der Waals surface area contributed by atoms with Gasteiger partial charge < -0.3 is 14.7 Å². The molecule has 0 saturated carbocycles. The van der Waals surface area contributed by atoms with Crippen molar-refractivity contribution in [1.29, 1.82) is 0 Å². The van der Waals surface area contributed by atoms with Crippen molar-refractivity contribution in [2.24, 2.45) is 0 Å². The number of ether oxygens (including phenoxy) is 1. The predicted octanol–water partition coefficient (Wildman–Crippen LogP) is 2.96. The second-order valence-electron chi connectivity index (χ2n) is 6.89. The van der Waals surface area contributed by atoms with Gasteiger partial charge in [0.25, 0.3) is 5.91 Å². The molecule has 1 unspecified atom stereocenters. The molecule has 1 amide bonds. The van der Waals surface area contributed by atoms with E-state index in [-0.39, 0.29) is 11.7 Å². The lowest BCUT2D eigenvalue weighted by molar-refractivity contribution is -0.141. The lowest BCUT2D eigenvalue weighted by Gasteiger charge is -2.35. The predicted molar refractivity (Wildman–Crippen MR) is 101 cm³/mol. The molecule has 1 heterocycles. The van der Waals surface area contributed by atoms with E-state index in [1.807, 2.05) is 30.3 Å². The molecule has 1 atom stereocenters. The molecular formula is C21H23F3N2O3. The number of halogens is 3. The first-order valence-electron chi connectivity index (χ1n) is 9.37. The zero-order valence-corrected chi connectivity index (χ0v) is 15.8. The number of hydrogen-bond donors (Lipinski definition) is 1. The summed E-state index contributed by atoms with van der Waals surface area (Å²) >= 11 is 0. The van der Waals surface area contributed by atoms with Gasteiger partial charge in [0.05, 0.1) is 11.7 Å². The van der Waals surface area contributed by atoms with Crippen LogP contribution in [0.3, 0.4) is 0 Å². The quantitative estimate of drug-likeness (QED) is 0.799. The van der Waals surface area contributed by atoms with E-state index in [1.165, 1.54) is 18.2 Å². The van der Waals surface area contributed by atoms with Gasteiger partial charge in [0, 0.05) is 32.7 Å². The fraction of sp³-hybridized carbons (Fsp3) is 0.381. The van der Waals surface area contributed by atoms with Gasteiger partial charge in [-0.15, -0.1) is 0 Å². The van der Waals surface area contributed by atoms with Crippen LogP contribution in [-0.4, -0.2) is 60.1 Å². The Labute approximate surface area is 167 Å². The molecule has 1 aliphatic rings. The second kappa shape index (κ2) is 9.28. The van der Waals surface area contributed by atoms with Crippen molar-refractivity contribution >= 4 is 5.91 Å². The molecular weight excluding hydrogens is 385 g/mol. The topological polar surface area (TPSA) is 53.0 Å². The average Bonchev–Trinajstić information content (AvgIpc) is 2.72. The molecule has 8 heteroatoms. The van der Waals surface area contributed by atoms with E-state index in [1.54, 1.807) is 4.90 Å². The van der Waals surface area contributed by atoms with Crippen molar-refractivity contribution in [3.05, 3.63) is 65.7 Å². The molecule has 2 aromatic rings. The number of amides is 1. The Morgan fingerprint density at radius 3 is 2.28 bits per heavy atom. The average molecular weight is 408 g/mol. The number of alkyl halides is 3. The summed E-state index contributed by atoms with van der Waals surface area (Å²) in [7, 11) is 0. The van der Waals surface area contributed by atoms with Crippen LogP contribution in [0.15, 0.2) is 54.6 Å². The van der Waals surface area contributed by atoms with E-state index in [2.05, 4.69) is 4.90 Å². The normalized spacial score (nSPS) is 16.5. The number of benzene rings is 2. The van der Waals surface area contributed by atoms with E-state index in [0.29, 0.717) is 32.7 Å². The Kier molecular flexibility index (Phi) is 6.76. The molecule has 3 rings (SSSR count). The summed E-state index contributed by atoms with van der Waals surface area (Å²) in [5.41, 5.74) is -0.0599. The van der Waals surface area contributed by atoms with Crippen molar-refractivity contribution in [3.63, 3.8) is 0 Å². The summed E-state index contributed by atoms with van der Waals surface area (Å²) in [4.78, 5) is 16.0. The van der Waals surface area contributed by atoms with Crippen molar-refractivity contribution in [1.82, 2.24) is 9.80 Å². The summed E-state index contributed by atoms with van der Waals surface area (Å²) in [5.74, 6) is -0.705. The van der Waals surface area contributed by atoms with Crippen LogP contribution in [0.1, 0.15) is 17.2 Å². The number of aliphatic hydroxyl groups excluding tert-OH is 1. The van der Waals surface area contributed by atoms with E-state index >= 15 is 0 Å². The highest BCUT2D eigenvalue weighted by molar-refractivity contribution is 5.78. The van der Waals surface area contributed by atoms with E-state index in [9.17, 15) is 23.1 Å². The Morgan fingerprint density at radius 1 is 1.00 bits per heavy atom. The van der Waals surface area contributed by atoms with Crippen molar-refractivity contribution in [3.8, 4) is 5.75 Å². The highest BCUT2D eigenvalue weighted by Gasteiger charge is 2.34. The van der Waals surface area contributed by atoms with Gasteiger partial charge in [0.1, 0.15) is 5.75 Å². The third-order valence-corrected chi connectivity index (χ3v) is 4.88. The standard InChI is InChI=1S/C21H23F3N2O3/c22-21(23,24)17-8-4-5-9-19(17)29-15-20(28)26-12-10-25(11-13-26)14-18(27)16-6-2-1-3-7-16/h1-9,18,27H,10-15H2.